The fourth-order valence-corrected chi connectivity index (χ4v) is 6.11. The lowest BCUT2D eigenvalue weighted by atomic mass is 9.98. The molecule has 1 amide bonds. The number of carbonyl (C=O) groups is 1. The minimum absolute atomic E-state index is 0.00964. The Hall–Kier alpha value is -4.15. The van der Waals surface area contributed by atoms with Crippen LogP contribution in [0.1, 0.15) is 36.6 Å². The summed E-state index contributed by atoms with van der Waals surface area (Å²) in [5.41, 5.74) is 4.63. The van der Waals surface area contributed by atoms with Crippen molar-refractivity contribution in [1.82, 2.24) is 4.90 Å². The van der Waals surface area contributed by atoms with E-state index in [1.165, 1.54) is 6.07 Å². The van der Waals surface area contributed by atoms with Crippen molar-refractivity contribution in [3.8, 4) is 11.3 Å². The van der Waals surface area contributed by atoms with Gasteiger partial charge in [0.15, 0.2) is 5.43 Å². The normalized spacial score (nSPS) is 14.8. The van der Waals surface area contributed by atoms with Crippen molar-refractivity contribution < 1.29 is 17.6 Å². The van der Waals surface area contributed by atoms with Crippen LogP contribution in [0.2, 0.25) is 0 Å². The summed E-state index contributed by atoms with van der Waals surface area (Å²) in [4.78, 5) is 29.3. The Morgan fingerprint density at radius 2 is 1.66 bits per heavy atom. The van der Waals surface area contributed by atoms with E-state index < -0.39 is 16.1 Å². The number of fused-ring (bicyclic) bond motifs is 1. The molecule has 1 fully saturated rings. The van der Waals surface area contributed by atoms with Crippen molar-refractivity contribution in [3.05, 3.63) is 87.6 Å². The molecule has 0 bridgehead atoms. The number of piperazine rings is 1. The number of rotatable bonds is 6. The Balaban J connectivity index is 1.51. The molecule has 0 radical (unpaired) electrons. The molecule has 2 heterocycles. The molecule has 1 unspecified atom stereocenters. The van der Waals surface area contributed by atoms with Gasteiger partial charge in [0.05, 0.1) is 17.1 Å². The first-order valence-corrected chi connectivity index (χ1v) is 15.1. The lowest BCUT2D eigenvalue weighted by Gasteiger charge is -2.35. The third-order valence-electron chi connectivity index (χ3n) is 7.64. The standard InChI is InChI=1S/C31H34N4O5S/c1-19-17-25(21(3)33-27-7-5-6-8-28(27)41(32,38)39)31-26(18-19)29(37)20(2)30(40-31)23-9-11-24(12-10-23)35-15-13-34(14-16-35)22(4)36/h5-12,17-18,21,33H,13-16H2,1-4H3,(H2,32,38,39). The second kappa shape index (κ2) is 11.0. The smallest absolute Gasteiger partial charge is 0.240 e. The second-order valence-electron chi connectivity index (χ2n) is 10.6. The number of nitrogens with two attached hydrogens (primary N) is 1. The summed E-state index contributed by atoms with van der Waals surface area (Å²) in [6, 6.07) is 17.7. The van der Waals surface area contributed by atoms with E-state index in [1.54, 1.807) is 32.0 Å². The van der Waals surface area contributed by atoms with Gasteiger partial charge in [-0.1, -0.05) is 18.2 Å². The topological polar surface area (TPSA) is 126 Å². The van der Waals surface area contributed by atoms with Crippen LogP contribution in [-0.2, 0) is 14.8 Å². The zero-order chi connectivity index (χ0) is 29.5. The van der Waals surface area contributed by atoms with Crippen LogP contribution in [-0.4, -0.2) is 45.4 Å². The molecule has 5 rings (SSSR count). The average Bonchev–Trinajstić information content (AvgIpc) is 2.94. The maximum atomic E-state index is 13.6. The Morgan fingerprint density at radius 1 is 1.00 bits per heavy atom. The Morgan fingerprint density at radius 3 is 2.29 bits per heavy atom. The van der Waals surface area contributed by atoms with Gasteiger partial charge in [-0.2, -0.15) is 0 Å². The molecule has 4 aromatic rings. The van der Waals surface area contributed by atoms with Crippen molar-refractivity contribution in [2.45, 2.75) is 38.6 Å². The van der Waals surface area contributed by atoms with Gasteiger partial charge in [0, 0.05) is 55.5 Å². The van der Waals surface area contributed by atoms with Crippen LogP contribution in [0.3, 0.4) is 0 Å². The number of benzene rings is 3. The number of primary sulfonamides is 1. The van der Waals surface area contributed by atoms with Crippen molar-refractivity contribution in [3.63, 3.8) is 0 Å². The molecule has 0 spiro atoms. The fraction of sp³-hybridized carbons (Fsp3) is 0.290. The lowest BCUT2D eigenvalue weighted by Crippen LogP contribution is -2.48. The van der Waals surface area contributed by atoms with E-state index in [1.807, 2.05) is 55.1 Å². The van der Waals surface area contributed by atoms with Gasteiger partial charge in [-0.15, -0.1) is 0 Å². The highest BCUT2D eigenvalue weighted by Crippen LogP contribution is 2.34. The largest absolute Gasteiger partial charge is 0.455 e. The number of hydrogen-bond acceptors (Lipinski definition) is 7. The van der Waals surface area contributed by atoms with Gasteiger partial charge in [-0.05, 0) is 68.8 Å². The van der Waals surface area contributed by atoms with E-state index in [4.69, 9.17) is 9.56 Å². The van der Waals surface area contributed by atoms with Gasteiger partial charge in [-0.3, -0.25) is 9.59 Å². The van der Waals surface area contributed by atoms with E-state index in [0.717, 1.165) is 35.5 Å². The van der Waals surface area contributed by atoms with Gasteiger partial charge in [0.2, 0.25) is 15.9 Å². The maximum absolute atomic E-state index is 13.6. The van der Waals surface area contributed by atoms with E-state index in [9.17, 15) is 18.0 Å². The molecule has 1 saturated heterocycles. The molecule has 41 heavy (non-hydrogen) atoms. The predicted molar refractivity (Wildman–Crippen MR) is 162 cm³/mol. The van der Waals surface area contributed by atoms with E-state index in [2.05, 4.69) is 10.2 Å². The number of nitrogens with one attached hydrogen (secondary N) is 1. The minimum atomic E-state index is -3.94. The first kappa shape index (κ1) is 28.4. The van der Waals surface area contributed by atoms with Crippen LogP contribution >= 0.6 is 0 Å². The predicted octanol–water partition coefficient (Wildman–Crippen LogP) is 4.57. The molecule has 214 valence electrons. The summed E-state index contributed by atoms with van der Waals surface area (Å²) in [6.07, 6.45) is 0. The number of amides is 1. The molecule has 3 N–H and O–H groups in total. The Kier molecular flexibility index (Phi) is 7.63. The van der Waals surface area contributed by atoms with Gasteiger partial charge in [-0.25, -0.2) is 13.6 Å². The highest BCUT2D eigenvalue weighted by Gasteiger charge is 2.22. The van der Waals surface area contributed by atoms with Crippen molar-refractivity contribution in [2.75, 3.05) is 36.4 Å². The van der Waals surface area contributed by atoms with Crippen molar-refractivity contribution in [1.29, 1.82) is 0 Å². The van der Waals surface area contributed by atoms with Gasteiger partial charge >= 0.3 is 0 Å². The molecule has 3 aromatic carbocycles. The molecule has 0 saturated carbocycles. The molecule has 0 aliphatic carbocycles. The third kappa shape index (κ3) is 5.71. The lowest BCUT2D eigenvalue weighted by molar-refractivity contribution is -0.129. The molecular formula is C31H34N4O5S. The van der Waals surface area contributed by atoms with Crippen molar-refractivity contribution >= 4 is 38.3 Å². The second-order valence-corrected chi connectivity index (χ2v) is 12.1. The van der Waals surface area contributed by atoms with E-state index >= 15 is 0 Å². The number of aryl methyl sites for hydroxylation is 1. The highest BCUT2D eigenvalue weighted by atomic mass is 32.2. The van der Waals surface area contributed by atoms with Crippen LogP contribution in [0.25, 0.3) is 22.3 Å². The number of carbonyl (C=O) groups excluding carboxylic acids is 1. The Labute approximate surface area is 239 Å². The summed E-state index contributed by atoms with van der Waals surface area (Å²) in [5.74, 6) is 0.576. The molecule has 1 atom stereocenters. The molecular weight excluding hydrogens is 540 g/mol. The maximum Gasteiger partial charge on any atom is 0.240 e. The van der Waals surface area contributed by atoms with Crippen LogP contribution in [0.4, 0.5) is 11.4 Å². The third-order valence-corrected chi connectivity index (χ3v) is 8.61. The van der Waals surface area contributed by atoms with Crippen LogP contribution in [0.15, 0.2) is 74.8 Å². The van der Waals surface area contributed by atoms with E-state index in [-0.39, 0.29) is 16.2 Å². The summed E-state index contributed by atoms with van der Waals surface area (Å²) < 4.78 is 30.8. The molecule has 1 aromatic heterocycles. The zero-order valence-electron chi connectivity index (χ0n) is 23.6. The molecule has 1 aliphatic rings. The van der Waals surface area contributed by atoms with Crippen LogP contribution in [0.5, 0.6) is 0 Å². The van der Waals surface area contributed by atoms with Gasteiger partial charge < -0.3 is 19.5 Å². The number of sulfonamides is 1. The SMILES string of the molecule is CC(=O)N1CCN(c2ccc(-c3oc4c(C(C)Nc5ccccc5S(N)(=O)=O)cc(C)cc4c(=O)c3C)cc2)CC1. The summed E-state index contributed by atoms with van der Waals surface area (Å²) in [6.45, 7) is 10.0. The number of nitrogens with zero attached hydrogens (tertiary/aromatic N) is 2. The molecule has 9 nitrogen and oxygen atoms in total. The zero-order valence-corrected chi connectivity index (χ0v) is 24.4. The quantitative estimate of drug-likeness (QED) is 0.346. The first-order valence-electron chi connectivity index (χ1n) is 13.5. The number of anilines is 2. The van der Waals surface area contributed by atoms with E-state index in [0.29, 0.717) is 41.1 Å². The van der Waals surface area contributed by atoms with Crippen molar-refractivity contribution in [2.24, 2.45) is 5.14 Å². The molecule has 1 aliphatic heterocycles. The van der Waals surface area contributed by atoms with Gasteiger partial charge in [0.1, 0.15) is 16.2 Å². The Bertz CT molecular complexity index is 1790. The number of hydrogen-bond donors (Lipinski definition) is 2. The van der Waals surface area contributed by atoms with Crippen LogP contribution < -0.4 is 20.8 Å². The first-order chi connectivity index (χ1) is 19.4. The minimum Gasteiger partial charge on any atom is -0.455 e. The van der Waals surface area contributed by atoms with Crippen LogP contribution in [0, 0.1) is 13.8 Å². The number of para-hydroxylation sites is 1. The highest BCUT2D eigenvalue weighted by molar-refractivity contribution is 7.89. The summed E-state index contributed by atoms with van der Waals surface area (Å²) >= 11 is 0. The molecule has 10 heteroatoms. The fourth-order valence-electron chi connectivity index (χ4n) is 5.41. The van der Waals surface area contributed by atoms with Gasteiger partial charge in [0.25, 0.3) is 0 Å². The average molecular weight is 575 g/mol. The monoisotopic (exact) mass is 574 g/mol. The summed E-state index contributed by atoms with van der Waals surface area (Å²) in [5, 5.41) is 9.15. The summed E-state index contributed by atoms with van der Waals surface area (Å²) in [7, 11) is -3.94.